The number of carbonyl (C=O) groups excluding carboxylic acids is 1. The van der Waals surface area contributed by atoms with Crippen LogP contribution in [0.2, 0.25) is 5.02 Å². The lowest BCUT2D eigenvalue weighted by molar-refractivity contribution is -0.384. The summed E-state index contributed by atoms with van der Waals surface area (Å²) >= 11 is 5.79. The van der Waals surface area contributed by atoms with Crippen molar-refractivity contribution < 1.29 is 18.1 Å². The molecule has 0 aromatic heterocycles. The lowest BCUT2D eigenvalue weighted by Gasteiger charge is -2.11. The predicted molar refractivity (Wildman–Crippen MR) is 114 cm³/mol. The average molecular weight is 446 g/mol. The van der Waals surface area contributed by atoms with E-state index in [2.05, 4.69) is 10.0 Å². The summed E-state index contributed by atoms with van der Waals surface area (Å²) in [7, 11) is -3.87. The van der Waals surface area contributed by atoms with Crippen LogP contribution >= 0.6 is 11.6 Å². The minimum atomic E-state index is -3.87. The number of nitro benzene ring substituents is 1. The molecule has 8 nitrogen and oxygen atoms in total. The molecule has 0 spiro atoms. The molecule has 10 heteroatoms. The maximum absolute atomic E-state index is 12.6. The number of nitrogens with one attached hydrogen (secondary N) is 2. The molecule has 0 aliphatic rings. The first-order chi connectivity index (χ1) is 14.2. The Labute approximate surface area is 177 Å². The molecule has 0 heterocycles. The number of hydrogen-bond acceptors (Lipinski definition) is 5. The number of anilines is 2. The van der Waals surface area contributed by atoms with Crippen molar-refractivity contribution in [2.75, 3.05) is 10.0 Å². The van der Waals surface area contributed by atoms with Gasteiger partial charge in [0.25, 0.3) is 21.6 Å². The SMILES string of the molecule is Cc1ccc([N+](=O)[O-])cc1NC(=O)c1cccc(NS(=O)(=O)c2ccc(Cl)cc2)c1. The van der Waals surface area contributed by atoms with Gasteiger partial charge in [0.2, 0.25) is 0 Å². The van der Waals surface area contributed by atoms with Crippen LogP contribution in [-0.2, 0) is 10.0 Å². The van der Waals surface area contributed by atoms with Crippen molar-refractivity contribution in [2.24, 2.45) is 0 Å². The van der Waals surface area contributed by atoms with Gasteiger partial charge in [-0.25, -0.2) is 8.42 Å². The summed E-state index contributed by atoms with van der Waals surface area (Å²) in [6, 6.07) is 15.7. The number of halogens is 1. The number of hydrogen-bond donors (Lipinski definition) is 2. The van der Waals surface area contributed by atoms with Gasteiger partial charge in [0.15, 0.2) is 0 Å². The van der Waals surface area contributed by atoms with E-state index in [1.165, 1.54) is 66.7 Å². The van der Waals surface area contributed by atoms with Crippen molar-refractivity contribution >= 4 is 44.6 Å². The molecule has 0 fully saturated rings. The highest BCUT2D eigenvalue weighted by atomic mass is 35.5. The molecule has 0 bridgehead atoms. The van der Waals surface area contributed by atoms with Crippen molar-refractivity contribution in [3.8, 4) is 0 Å². The Bertz CT molecular complexity index is 1230. The van der Waals surface area contributed by atoms with E-state index < -0.39 is 20.9 Å². The quantitative estimate of drug-likeness (QED) is 0.424. The van der Waals surface area contributed by atoms with Crippen molar-refractivity contribution in [1.29, 1.82) is 0 Å². The third-order valence-corrected chi connectivity index (χ3v) is 5.83. The summed E-state index contributed by atoms with van der Waals surface area (Å²) in [6.07, 6.45) is 0. The van der Waals surface area contributed by atoms with Gasteiger partial charge < -0.3 is 5.32 Å². The maximum Gasteiger partial charge on any atom is 0.271 e. The molecule has 0 saturated carbocycles. The van der Waals surface area contributed by atoms with E-state index in [1.54, 1.807) is 6.92 Å². The van der Waals surface area contributed by atoms with Gasteiger partial charge in [0.05, 0.1) is 15.5 Å². The van der Waals surface area contributed by atoms with Crippen molar-refractivity contribution in [1.82, 2.24) is 0 Å². The second-order valence-corrected chi connectivity index (χ2v) is 8.47. The van der Waals surface area contributed by atoms with Crippen molar-refractivity contribution in [2.45, 2.75) is 11.8 Å². The van der Waals surface area contributed by atoms with Crippen molar-refractivity contribution in [3.05, 3.63) is 93.0 Å². The fourth-order valence-corrected chi connectivity index (χ4v) is 3.78. The molecule has 0 aliphatic heterocycles. The van der Waals surface area contributed by atoms with Gasteiger partial charge in [-0.05, 0) is 55.0 Å². The number of sulfonamides is 1. The molecule has 0 aliphatic carbocycles. The van der Waals surface area contributed by atoms with E-state index in [4.69, 9.17) is 11.6 Å². The van der Waals surface area contributed by atoms with Crippen LogP contribution in [0.15, 0.2) is 71.6 Å². The molecule has 2 N–H and O–H groups in total. The number of nitro groups is 1. The Morgan fingerprint density at radius 3 is 2.40 bits per heavy atom. The highest BCUT2D eigenvalue weighted by Gasteiger charge is 2.16. The lowest BCUT2D eigenvalue weighted by Crippen LogP contribution is -2.15. The summed E-state index contributed by atoms with van der Waals surface area (Å²) in [5.74, 6) is -0.536. The molecule has 3 aromatic carbocycles. The van der Waals surface area contributed by atoms with Crippen LogP contribution in [0.1, 0.15) is 15.9 Å². The maximum atomic E-state index is 12.6. The lowest BCUT2D eigenvalue weighted by atomic mass is 10.1. The molecule has 3 rings (SSSR count). The Kier molecular flexibility index (Phi) is 6.04. The van der Waals surface area contributed by atoms with E-state index in [0.717, 1.165) is 0 Å². The predicted octanol–water partition coefficient (Wildman–Crippen LogP) is 4.61. The Morgan fingerprint density at radius 1 is 1.03 bits per heavy atom. The molecule has 30 heavy (non-hydrogen) atoms. The number of non-ortho nitro benzene ring substituents is 1. The minimum absolute atomic E-state index is 0.0222. The number of amides is 1. The van der Waals surface area contributed by atoms with E-state index in [9.17, 15) is 23.3 Å². The van der Waals surface area contributed by atoms with Crippen LogP contribution < -0.4 is 10.0 Å². The average Bonchev–Trinajstić information content (AvgIpc) is 2.69. The summed E-state index contributed by atoms with van der Waals surface area (Å²) < 4.78 is 27.4. The van der Waals surface area contributed by atoms with Gasteiger partial charge >= 0.3 is 0 Å². The number of nitrogens with zero attached hydrogens (tertiary/aromatic N) is 1. The van der Waals surface area contributed by atoms with Gasteiger partial charge in [0, 0.05) is 28.4 Å². The number of aryl methyl sites for hydroxylation is 1. The van der Waals surface area contributed by atoms with E-state index in [1.807, 2.05) is 0 Å². The number of benzene rings is 3. The van der Waals surface area contributed by atoms with Crippen LogP contribution in [0.25, 0.3) is 0 Å². The zero-order chi connectivity index (χ0) is 21.9. The van der Waals surface area contributed by atoms with Crippen LogP contribution in [0.5, 0.6) is 0 Å². The van der Waals surface area contributed by atoms with Crippen LogP contribution in [-0.4, -0.2) is 19.2 Å². The molecule has 1 amide bonds. The molecule has 0 unspecified atom stereocenters. The topological polar surface area (TPSA) is 118 Å². The monoisotopic (exact) mass is 445 g/mol. The Hall–Kier alpha value is -3.43. The van der Waals surface area contributed by atoms with Crippen LogP contribution in [0, 0.1) is 17.0 Å². The van der Waals surface area contributed by atoms with E-state index in [0.29, 0.717) is 16.3 Å². The molecule has 0 saturated heterocycles. The van der Waals surface area contributed by atoms with Crippen LogP contribution in [0.4, 0.5) is 17.1 Å². The van der Waals surface area contributed by atoms with Crippen LogP contribution in [0.3, 0.4) is 0 Å². The van der Waals surface area contributed by atoms with Gasteiger partial charge in [-0.15, -0.1) is 0 Å². The first kappa shape index (κ1) is 21.3. The molecular formula is C20H16ClN3O5S. The van der Waals surface area contributed by atoms with Crippen molar-refractivity contribution in [3.63, 3.8) is 0 Å². The first-order valence-corrected chi connectivity index (χ1v) is 10.5. The Morgan fingerprint density at radius 2 is 1.73 bits per heavy atom. The van der Waals surface area contributed by atoms with Gasteiger partial charge in [0.1, 0.15) is 0 Å². The van der Waals surface area contributed by atoms with Gasteiger partial charge in [-0.2, -0.15) is 0 Å². The zero-order valence-electron chi connectivity index (χ0n) is 15.6. The first-order valence-electron chi connectivity index (χ1n) is 8.60. The second-order valence-electron chi connectivity index (χ2n) is 6.35. The minimum Gasteiger partial charge on any atom is -0.321 e. The number of carbonyl (C=O) groups is 1. The molecule has 154 valence electrons. The summed E-state index contributed by atoms with van der Waals surface area (Å²) in [5, 5.41) is 14.0. The van der Waals surface area contributed by atoms with Gasteiger partial charge in [-0.1, -0.05) is 23.7 Å². The number of rotatable bonds is 6. The normalized spacial score (nSPS) is 11.0. The fourth-order valence-electron chi connectivity index (χ4n) is 2.60. The summed E-state index contributed by atoms with van der Waals surface area (Å²) in [4.78, 5) is 23.0. The Balaban J connectivity index is 1.81. The summed E-state index contributed by atoms with van der Waals surface area (Å²) in [6.45, 7) is 1.70. The smallest absolute Gasteiger partial charge is 0.271 e. The zero-order valence-corrected chi connectivity index (χ0v) is 17.2. The molecule has 0 radical (unpaired) electrons. The molecular weight excluding hydrogens is 430 g/mol. The highest BCUT2D eigenvalue weighted by molar-refractivity contribution is 7.92. The standard InChI is InChI=1S/C20H16ClN3O5S/c1-13-5-8-17(24(26)27)12-19(13)22-20(25)14-3-2-4-16(11-14)23-30(28,29)18-9-6-15(21)7-10-18/h2-12,23H,1H3,(H,22,25). The third-order valence-electron chi connectivity index (χ3n) is 4.18. The molecule has 0 atom stereocenters. The van der Waals surface area contributed by atoms with E-state index >= 15 is 0 Å². The second kappa shape index (κ2) is 8.52. The van der Waals surface area contributed by atoms with Gasteiger partial charge in [-0.3, -0.25) is 19.6 Å². The van der Waals surface area contributed by atoms with E-state index in [-0.39, 0.29) is 21.8 Å². The highest BCUT2D eigenvalue weighted by Crippen LogP contribution is 2.23. The fraction of sp³-hybridized carbons (Fsp3) is 0.0500. The third kappa shape index (κ3) is 4.94. The summed E-state index contributed by atoms with van der Waals surface area (Å²) in [5.41, 5.74) is 1.15. The largest absolute Gasteiger partial charge is 0.321 e. The molecule has 3 aromatic rings.